The molecule has 0 aliphatic carbocycles. The zero-order valence-corrected chi connectivity index (χ0v) is 11.5. The van der Waals surface area contributed by atoms with Gasteiger partial charge in [-0.2, -0.15) is 18.2 Å². The van der Waals surface area contributed by atoms with Crippen LogP contribution in [0.2, 0.25) is 0 Å². The van der Waals surface area contributed by atoms with Crippen LogP contribution in [0.5, 0.6) is 0 Å². The fraction of sp³-hybridized carbons (Fsp3) is 1.00. The van der Waals surface area contributed by atoms with E-state index in [0.29, 0.717) is 19.5 Å². The van der Waals surface area contributed by atoms with Crippen LogP contribution < -0.4 is 62.6 Å². The molecule has 0 aliphatic rings. The minimum Gasteiger partial charge on any atom is -1.00 e. The third kappa shape index (κ3) is 9.55. The van der Waals surface area contributed by atoms with Crippen LogP contribution in [-0.4, -0.2) is 27.3 Å². The van der Waals surface area contributed by atoms with Gasteiger partial charge in [-0.25, -0.2) is 0 Å². The minimum atomic E-state index is -3.37. The Morgan fingerprint density at radius 1 is 1.58 bits per heavy atom. The molecule has 0 saturated heterocycles. The van der Waals surface area contributed by atoms with E-state index >= 15 is 0 Å². The van der Waals surface area contributed by atoms with E-state index in [1.165, 1.54) is 0 Å². The van der Waals surface area contributed by atoms with Crippen molar-refractivity contribution in [3.05, 3.63) is 0 Å². The zero-order valence-electron chi connectivity index (χ0n) is 8.54. The summed E-state index contributed by atoms with van der Waals surface area (Å²) in [6, 6.07) is 0. The van der Waals surface area contributed by atoms with E-state index in [1.807, 2.05) is 0 Å². The Bertz CT molecular complexity index is 188. The molecule has 0 fully saturated rings. The van der Waals surface area contributed by atoms with Gasteiger partial charge in [-0.3, -0.25) is 0 Å². The molecule has 0 bridgehead atoms. The van der Waals surface area contributed by atoms with Crippen molar-refractivity contribution < 1.29 is 65.5 Å². The number of nitrogens with two attached hydrogens (primary N) is 1. The number of hydroxylamine groups is 1. The molecule has 0 aromatic rings. The fourth-order valence-electron chi connectivity index (χ4n) is 0.482. The summed E-state index contributed by atoms with van der Waals surface area (Å²) in [4.78, 5) is 0. The number of hydrogen-bond donors (Lipinski definition) is 2. The SMILES string of the molecule is CCCS(=O)(=O)ONCCN.[H-].[K+]. The molecule has 5 nitrogen and oxygen atoms in total. The van der Waals surface area contributed by atoms with Crippen LogP contribution in [0.1, 0.15) is 14.8 Å². The second kappa shape index (κ2) is 9.04. The molecule has 3 N–H and O–H groups in total. The first-order valence-electron chi connectivity index (χ1n) is 3.46. The van der Waals surface area contributed by atoms with Gasteiger partial charge >= 0.3 is 51.4 Å². The van der Waals surface area contributed by atoms with Gasteiger partial charge in [0.2, 0.25) is 0 Å². The zero-order chi connectivity index (χ0) is 8.74. The quantitative estimate of drug-likeness (QED) is 0.275. The Hall–Kier alpha value is 1.47. The van der Waals surface area contributed by atoms with Gasteiger partial charge in [0, 0.05) is 13.1 Å². The van der Waals surface area contributed by atoms with Crippen molar-refractivity contribution in [1.82, 2.24) is 5.48 Å². The Balaban J connectivity index is -0.000000500. The topological polar surface area (TPSA) is 81.4 Å². The molecule has 0 heterocycles. The average molecular weight is 222 g/mol. The Morgan fingerprint density at radius 3 is 2.58 bits per heavy atom. The summed E-state index contributed by atoms with van der Waals surface area (Å²) in [6.07, 6.45) is 0.548. The van der Waals surface area contributed by atoms with E-state index < -0.39 is 10.1 Å². The Labute approximate surface area is 117 Å². The summed E-state index contributed by atoms with van der Waals surface area (Å²) < 4.78 is 25.9. The first kappa shape index (κ1) is 15.9. The van der Waals surface area contributed by atoms with E-state index in [1.54, 1.807) is 6.92 Å². The van der Waals surface area contributed by atoms with Crippen molar-refractivity contribution in [3.63, 3.8) is 0 Å². The largest absolute Gasteiger partial charge is 1.00 e. The molecule has 0 atom stereocenters. The third-order valence-electron chi connectivity index (χ3n) is 0.886. The van der Waals surface area contributed by atoms with Gasteiger partial charge in [-0.15, -0.1) is 0 Å². The maximum absolute atomic E-state index is 10.8. The van der Waals surface area contributed by atoms with Crippen LogP contribution in [0.3, 0.4) is 0 Å². The predicted octanol–water partition coefficient (Wildman–Crippen LogP) is -3.68. The molecule has 0 aliphatic heterocycles. The molecular weight excluding hydrogens is 207 g/mol. The summed E-state index contributed by atoms with van der Waals surface area (Å²) in [7, 11) is -3.37. The van der Waals surface area contributed by atoms with Gasteiger partial charge in [-0.1, -0.05) is 6.92 Å². The molecule has 7 heteroatoms. The van der Waals surface area contributed by atoms with Crippen LogP contribution in [-0.2, 0) is 14.4 Å². The summed E-state index contributed by atoms with van der Waals surface area (Å²) in [5, 5.41) is 0. The monoisotopic (exact) mass is 222 g/mol. The smallest absolute Gasteiger partial charge is 1.00 e. The van der Waals surface area contributed by atoms with Crippen LogP contribution in [0.4, 0.5) is 0 Å². The standard InChI is InChI=1S/C5H14N2O3S.K.H/c1-2-5-11(8,9)10-7-4-3-6;;/h7H,2-6H2,1H3;;/q;+1;-1. The number of rotatable bonds is 6. The number of nitrogens with one attached hydrogen (secondary N) is 1. The molecule has 0 unspecified atom stereocenters. The van der Waals surface area contributed by atoms with Crippen LogP contribution in [0.25, 0.3) is 0 Å². The summed E-state index contributed by atoms with van der Waals surface area (Å²) in [6.45, 7) is 2.45. The summed E-state index contributed by atoms with van der Waals surface area (Å²) >= 11 is 0. The summed E-state index contributed by atoms with van der Waals surface area (Å²) in [5.74, 6) is 0.0323. The average Bonchev–Trinajstić information content (AvgIpc) is 1.87. The normalized spacial score (nSPS) is 10.8. The molecule has 0 aromatic carbocycles. The summed E-state index contributed by atoms with van der Waals surface area (Å²) in [5.41, 5.74) is 7.34. The molecule has 0 saturated carbocycles. The van der Waals surface area contributed by atoms with Gasteiger partial charge in [0.1, 0.15) is 0 Å². The van der Waals surface area contributed by atoms with Crippen molar-refractivity contribution in [3.8, 4) is 0 Å². The van der Waals surface area contributed by atoms with Crippen LogP contribution in [0.15, 0.2) is 0 Å². The van der Waals surface area contributed by atoms with E-state index in [9.17, 15) is 8.42 Å². The molecule has 0 spiro atoms. The van der Waals surface area contributed by atoms with E-state index in [0.717, 1.165) is 0 Å². The van der Waals surface area contributed by atoms with Crippen LogP contribution >= 0.6 is 0 Å². The van der Waals surface area contributed by atoms with Gasteiger partial charge in [0.25, 0.3) is 10.1 Å². The van der Waals surface area contributed by atoms with Gasteiger partial charge in [0.05, 0.1) is 5.75 Å². The first-order valence-corrected chi connectivity index (χ1v) is 5.04. The molecule has 70 valence electrons. The second-order valence-electron chi connectivity index (χ2n) is 2.03. The van der Waals surface area contributed by atoms with Crippen molar-refractivity contribution in [2.75, 3.05) is 18.8 Å². The van der Waals surface area contributed by atoms with Crippen molar-refractivity contribution >= 4 is 10.1 Å². The fourth-order valence-corrected chi connectivity index (χ4v) is 1.33. The van der Waals surface area contributed by atoms with Crippen molar-refractivity contribution in [1.29, 1.82) is 0 Å². The predicted molar refractivity (Wildman–Crippen MR) is 43.3 cm³/mol. The maximum Gasteiger partial charge on any atom is 1.00 e. The van der Waals surface area contributed by atoms with Gasteiger partial charge in [0.15, 0.2) is 0 Å². The molecule has 0 radical (unpaired) electrons. The third-order valence-corrected chi connectivity index (χ3v) is 2.17. The molecular formula is C5H15KN2O3S. The Kier molecular flexibility index (Phi) is 12.0. The molecule has 0 rings (SSSR count). The van der Waals surface area contributed by atoms with Gasteiger partial charge in [-0.05, 0) is 6.42 Å². The van der Waals surface area contributed by atoms with E-state index in [2.05, 4.69) is 9.76 Å². The molecule has 0 amide bonds. The minimum absolute atomic E-state index is 0. The van der Waals surface area contributed by atoms with Gasteiger partial charge < -0.3 is 7.16 Å². The second-order valence-corrected chi connectivity index (χ2v) is 3.72. The maximum atomic E-state index is 10.8. The van der Waals surface area contributed by atoms with Crippen molar-refractivity contribution in [2.45, 2.75) is 13.3 Å². The van der Waals surface area contributed by atoms with E-state index in [-0.39, 0.29) is 58.6 Å². The van der Waals surface area contributed by atoms with E-state index in [4.69, 9.17) is 5.73 Å². The first-order chi connectivity index (χ1) is 5.12. The molecule has 12 heavy (non-hydrogen) atoms. The van der Waals surface area contributed by atoms with Crippen molar-refractivity contribution in [2.24, 2.45) is 5.73 Å². The van der Waals surface area contributed by atoms with Crippen LogP contribution in [0, 0.1) is 0 Å². The molecule has 0 aromatic heterocycles. The number of hydrogen-bond acceptors (Lipinski definition) is 5. The Morgan fingerprint density at radius 2 is 2.17 bits per heavy atom.